The molecule has 2 unspecified atom stereocenters. The van der Waals surface area contributed by atoms with Gasteiger partial charge in [-0.05, 0) is 25.9 Å². The van der Waals surface area contributed by atoms with Crippen molar-refractivity contribution in [1.29, 1.82) is 0 Å². The fourth-order valence-corrected chi connectivity index (χ4v) is 1.83. The molecule has 4 nitrogen and oxygen atoms in total. The molecule has 0 spiro atoms. The molecule has 1 rings (SSSR count). The second kappa shape index (κ2) is 4.58. The molecule has 0 aromatic rings. The van der Waals surface area contributed by atoms with Gasteiger partial charge in [0.2, 0.25) is 5.91 Å². The van der Waals surface area contributed by atoms with Crippen LogP contribution in [0.25, 0.3) is 0 Å². The van der Waals surface area contributed by atoms with Gasteiger partial charge in [0.15, 0.2) is 0 Å². The van der Waals surface area contributed by atoms with Crippen LogP contribution in [0.2, 0.25) is 0 Å². The lowest BCUT2D eigenvalue weighted by atomic mass is 9.94. The molecule has 0 radical (unpaired) electrons. The fourth-order valence-electron chi connectivity index (χ4n) is 1.83. The van der Waals surface area contributed by atoms with Crippen LogP contribution in [0.4, 0.5) is 0 Å². The van der Waals surface area contributed by atoms with E-state index in [0.29, 0.717) is 12.0 Å². The largest absolute Gasteiger partial charge is 0.352 e. The first-order valence-corrected chi connectivity index (χ1v) is 4.81. The number of likely N-dealkylation sites (tertiary alicyclic amines) is 1. The average molecular weight is 185 g/mol. The second-order valence-electron chi connectivity index (χ2n) is 3.91. The van der Waals surface area contributed by atoms with E-state index in [1.54, 1.807) is 0 Å². The molecule has 1 amide bonds. The minimum Gasteiger partial charge on any atom is -0.352 e. The number of nitrogens with one attached hydrogen (secondary N) is 1. The summed E-state index contributed by atoms with van der Waals surface area (Å²) in [7, 11) is 2.11. The third-order valence-corrected chi connectivity index (χ3v) is 2.64. The Morgan fingerprint density at radius 1 is 1.69 bits per heavy atom. The van der Waals surface area contributed by atoms with Gasteiger partial charge in [-0.25, -0.2) is 0 Å². The molecule has 1 aliphatic rings. The number of piperidine rings is 1. The summed E-state index contributed by atoms with van der Waals surface area (Å²) in [6, 6.07) is 0.312. The molecular weight excluding hydrogens is 166 g/mol. The topological polar surface area (TPSA) is 58.4 Å². The van der Waals surface area contributed by atoms with Crippen LogP contribution in [0.3, 0.4) is 0 Å². The highest BCUT2D eigenvalue weighted by Crippen LogP contribution is 2.14. The molecule has 3 N–H and O–H groups in total. The van der Waals surface area contributed by atoms with E-state index in [-0.39, 0.29) is 12.5 Å². The Labute approximate surface area is 79.5 Å². The quantitative estimate of drug-likeness (QED) is 0.604. The Morgan fingerprint density at radius 2 is 2.38 bits per heavy atom. The zero-order chi connectivity index (χ0) is 9.84. The maximum Gasteiger partial charge on any atom is 0.233 e. The summed E-state index contributed by atoms with van der Waals surface area (Å²) in [4.78, 5) is 13.3. The van der Waals surface area contributed by atoms with Gasteiger partial charge < -0.3 is 16.0 Å². The first-order chi connectivity index (χ1) is 6.13. The SMILES string of the molecule is CC1CN(C)CCC1NC(=O)CN. The summed E-state index contributed by atoms with van der Waals surface area (Å²) in [6.45, 7) is 4.37. The maximum atomic E-state index is 11.1. The van der Waals surface area contributed by atoms with E-state index in [9.17, 15) is 4.79 Å². The number of nitrogens with two attached hydrogens (primary N) is 1. The number of nitrogens with zero attached hydrogens (tertiary/aromatic N) is 1. The summed E-state index contributed by atoms with van der Waals surface area (Å²) in [5.74, 6) is 0.482. The summed E-state index contributed by atoms with van der Waals surface area (Å²) < 4.78 is 0. The van der Waals surface area contributed by atoms with Gasteiger partial charge in [-0.15, -0.1) is 0 Å². The van der Waals surface area contributed by atoms with E-state index in [1.807, 2.05) is 0 Å². The highest BCUT2D eigenvalue weighted by molar-refractivity contribution is 5.78. The van der Waals surface area contributed by atoms with Crippen molar-refractivity contribution < 1.29 is 4.79 Å². The Bertz CT molecular complexity index is 184. The number of hydrogen-bond donors (Lipinski definition) is 2. The van der Waals surface area contributed by atoms with Crippen molar-refractivity contribution >= 4 is 5.91 Å². The van der Waals surface area contributed by atoms with Crippen LogP contribution in [0.1, 0.15) is 13.3 Å². The molecule has 4 heteroatoms. The minimum atomic E-state index is -0.0404. The molecule has 0 aromatic heterocycles. The molecule has 0 aromatic carbocycles. The van der Waals surface area contributed by atoms with Gasteiger partial charge in [0, 0.05) is 12.6 Å². The smallest absolute Gasteiger partial charge is 0.233 e. The zero-order valence-electron chi connectivity index (χ0n) is 8.42. The van der Waals surface area contributed by atoms with Crippen LogP contribution >= 0.6 is 0 Å². The molecule has 1 fully saturated rings. The van der Waals surface area contributed by atoms with Crippen molar-refractivity contribution in [3.63, 3.8) is 0 Å². The van der Waals surface area contributed by atoms with Gasteiger partial charge in [0.25, 0.3) is 0 Å². The summed E-state index contributed by atoms with van der Waals surface area (Å²) in [5.41, 5.74) is 5.24. The zero-order valence-corrected chi connectivity index (χ0v) is 8.42. The predicted molar refractivity (Wildman–Crippen MR) is 52.3 cm³/mol. The van der Waals surface area contributed by atoms with Crippen molar-refractivity contribution in [3.05, 3.63) is 0 Å². The van der Waals surface area contributed by atoms with Gasteiger partial charge in [-0.3, -0.25) is 4.79 Å². The van der Waals surface area contributed by atoms with Crippen molar-refractivity contribution in [2.45, 2.75) is 19.4 Å². The molecule has 76 valence electrons. The van der Waals surface area contributed by atoms with Crippen LogP contribution in [0.15, 0.2) is 0 Å². The third kappa shape index (κ3) is 2.97. The van der Waals surface area contributed by atoms with E-state index in [4.69, 9.17) is 5.73 Å². The van der Waals surface area contributed by atoms with Gasteiger partial charge >= 0.3 is 0 Å². The summed E-state index contributed by atoms with van der Waals surface area (Å²) >= 11 is 0. The van der Waals surface area contributed by atoms with Gasteiger partial charge in [-0.1, -0.05) is 6.92 Å². The number of rotatable bonds is 2. The van der Waals surface area contributed by atoms with Crippen LogP contribution in [0.5, 0.6) is 0 Å². The van der Waals surface area contributed by atoms with E-state index < -0.39 is 0 Å². The fraction of sp³-hybridized carbons (Fsp3) is 0.889. The lowest BCUT2D eigenvalue weighted by molar-refractivity contribution is -0.121. The summed E-state index contributed by atoms with van der Waals surface area (Å²) in [5, 5.41) is 2.95. The van der Waals surface area contributed by atoms with Crippen LogP contribution in [-0.2, 0) is 4.79 Å². The Morgan fingerprint density at radius 3 is 2.92 bits per heavy atom. The Kier molecular flexibility index (Phi) is 3.69. The third-order valence-electron chi connectivity index (χ3n) is 2.64. The molecular formula is C9H19N3O. The van der Waals surface area contributed by atoms with E-state index in [0.717, 1.165) is 19.5 Å². The number of carbonyl (C=O) groups excluding carboxylic acids is 1. The lowest BCUT2D eigenvalue weighted by Crippen LogP contribution is -2.50. The predicted octanol–water partition coefficient (Wildman–Crippen LogP) is -0.598. The van der Waals surface area contributed by atoms with Gasteiger partial charge in [-0.2, -0.15) is 0 Å². The van der Waals surface area contributed by atoms with E-state index >= 15 is 0 Å². The van der Waals surface area contributed by atoms with Crippen molar-refractivity contribution in [2.75, 3.05) is 26.7 Å². The highest BCUT2D eigenvalue weighted by atomic mass is 16.1. The van der Waals surface area contributed by atoms with Crippen LogP contribution in [-0.4, -0.2) is 43.5 Å². The molecule has 0 saturated carbocycles. The second-order valence-corrected chi connectivity index (χ2v) is 3.91. The Hall–Kier alpha value is -0.610. The number of carbonyl (C=O) groups is 1. The van der Waals surface area contributed by atoms with Crippen molar-refractivity contribution in [2.24, 2.45) is 11.7 Å². The average Bonchev–Trinajstić information content (AvgIpc) is 2.09. The standard InChI is InChI=1S/C9H19N3O/c1-7-6-12(2)4-3-8(7)11-9(13)5-10/h7-8H,3-6,10H2,1-2H3,(H,11,13). The van der Waals surface area contributed by atoms with Crippen LogP contribution in [0, 0.1) is 5.92 Å². The minimum absolute atomic E-state index is 0.0404. The van der Waals surface area contributed by atoms with E-state index in [2.05, 4.69) is 24.2 Å². The molecule has 0 bridgehead atoms. The first-order valence-electron chi connectivity index (χ1n) is 4.81. The molecule has 0 aliphatic carbocycles. The molecule has 2 atom stereocenters. The maximum absolute atomic E-state index is 11.1. The Balaban J connectivity index is 2.38. The van der Waals surface area contributed by atoms with E-state index in [1.165, 1.54) is 0 Å². The highest BCUT2D eigenvalue weighted by Gasteiger charge is 2.24. The summed E-state index contributed by atoms with van der Waals surface area (Å²) in [6.07, 6.45) is 1.03. The number of hydrogen-bond acceptors (Lipinski definition) is 3. The molecule has 13 heavy (non-hydrogen) atoms. The number of amides is 1. The van der Waals surface area contributed by atoms with Gasteiger partial charge in [0.05, 0.1) is 6.54 Å². The molecule has 1 heterocycles. The normalized spacial score (nSPS) is 30.1. The van der Waals surface area contributed by atoms with Crippen molar-refractivity contribution in [1.82, 2.24) is 10.2 Å². The molecule has 1 saturated heterocycles. The van der Waals surface area contributed by atoms with Crippen molar-refractivity contribution in [3.8, 4) is 0 Å². The lowest BCUT2D eigenvalue weighted by Gasteiger charge is -2.35. The molecule has 1 aliphatic heterocycles. The first kappa shape index (κ1) is 10.5. The van der Waals surface area contributed by atoms with Crippen LogP contribution < -0.4 is 11.1 Å². The van der Waals surface area contributed by atoms with Gasteiger partial charge in [0.1, 0.15) is 0 Å². The monoisotopic (exact) mass is 185 g/mol.